The Morgan fingerprint density at radius 1 is 1.46 bits per heavy atom. The zero-order valence-electron chi connectivity index (χ0n) is 7.99. The fourth-order valence-electron chi connectivity index (χ4n) is 1.29. The number of carbonyl (C=O) groups excluding carboxylic acids is 1. The molecule has 1 aromatic rings. The van der Waals surface area contributed by atoms with Gasteiger partial charge in [0.2, 0.25) is 0 Å². The molecule has 0 aliphatic heterocycles. The largest absolute Gasteiger partial charge is 0.465 e. The van der Waals surface area contributed by atoms with Gasteiger partial charge in [-0.25, -0.2) is 0 Å². The summed E-state index contributed by atoms with van der Waals surface area (Å²) in [5.74, 6) is 0. The third-order valence-electron chi connectivity index (χ3n) is 2.06. The van der Waals surface area contributed by atoms with E-state index >= 15 is 0 Å². The van der Waals surface area contributed by atoms with E-state index in [-0.39, 0.29) is 6.10 Å². The fourth-order valence-corrected chi connectivity index (χ4v) is 1.29. The second-order valence-electron chi connectivity index (χ2n) is 3.17. The van der Waals surface area contributed by atoms with Gasteiger partial charge < -0.3 is 4.74 Å². The summed E-state index contributed by atoms with van der Waals surface area (Å²) in [4.78, 5) is 10.1. The first-order valence-electron chi connectivity index (χ1n) is 4.37. The highest BCUT2D eigenvalue weighted by Crippen LogP contribution is 2.10. The van der Waals surface area contributed by atoms with Crippen LogP contribution in [0.4, 0.5) is 0 Å². The second-order valence-corrected chi connectivity index (χ2v) is 3.17. The number of aryl methyl sites for hydroxylation is 1. The van der Waals surface area contributed by atoms with Crippen LogP contribution >= 0.6 is 0 Å². The molecular formula is C11H14O2. The zero-order chi connectivity index (χ0) is 9.68. The van der Waals surface area contributed by atoms with Crippen molar-refractivity contribution in [3.05, 3.63) is 35.4 Å². The standard InChI is InChI=1S/C11H14O2/c1-9-5-3-4-6-11(9)7-10(2)13-8-12/h3-6,8,10H,7H2,1-2H3. The second kappa shape index (κ2) is 4.65. The van der Waals surface area contributed by atoms with Gasteiger partial charge >= 0.3 is 0 Å². The average Bonchev–Trinajstić information content (AvgIpc) is 2.09. The maximum absolute atomic E-state index is 10.1. The minimum atomic E-state index is -0.0430. The van der Waals surface area contributed by atoms with Gasteiger partial charge in [-0.2, -0.15) is 0 Å². The lowest BCUT2D eigenvalue weighted by molar-refractivity contribution is -0.132. The molecule has 70 valence electrons. The van der Waals surface area contributed by atoms with Crippen molar-refractivity contribution in [1.82, 2.24) is 0 Å². The smallest absolute Gasteiger partial charge is 0.293 e. The van der Waals surface area contributed by atoms with Crippen LogP contribution in [0.15, 0.2) is 24.3 Å². The summed E-state index contributed by atoms with van der Waals surface area (Å²) < 4.78 is 4.82. The molecule has 0 heterocycles. The van der Waals surface area contributed by atoms with Gasteiger partial charge in [0.15, 0.2) is 0 Å². The number of ether oxygens (including phenoxy) is 1. The minimum absolute atomic E-state index is 0.0430. The molecule has 2 heteroatoms. The SMILES string of the molecule is Cc1ccccc1CC(C)OC=O. The summed E-state index contributed by atoms with van der Waals surface area (Å²) >= 11 is 0. The molecule has 0 aliphatic carbocycles. The van der Waals surface area contributed by atoms with Crippen LogP contribution in [-0.4, -0.2) is 12.6 Å². The van der Waals surface area contributed by atoms with E-state index in [1.807, 2.05) is 19.1 Å². The Hall–Kier alpha value is -1.31. The highest BCUT2D eigenvalue weighted by molar-refractivity contribution is 5.37. The first-order chi connectivity index (χ1) is 6.24. The van der Waals surface area contributed by atoms with E-state index in [0.717, 1.165) is 6.42 Å². The Morgan fingerprint density at radius 3 is 2.77 bits per heavy atom. The molecule has 0 N–H and O–H groups in total. The summed E-state index contributed by atoms with van der Waals surface area (Å²) in [7, 11) is 0. The Bertz CT molecular complexity index is 281. The molecule has 0 saturated carbocycles. The Labute approximate surface area is 78.5 Å². The molecule has 1 aromatic carbocycles. The van der Waals surface area contributed by atoms with Crippen LogP contribution in [0, 0.1) is 6.92 Å². The van der Waals surface area contributed by atoms with Gasteiger partial charge in [0.25, 0.3) is 6.47 Å². The molecule has 0 fully saturated rings. The lowest BCUT2D eigenvalue weighted by Crippen LogP contribution is -2.11. The zero-order valence-corrected chi connectivity index (χ0v) is 7.99. The number of hydrogen-bond acceptors (Lipinski definition) is 2. The minimum Gasteiger partial charge on any atom is -0.465 e. The highest BCUT2D eigenvalue weighted by Gasteiger charge is 2.04. The molecule has 0 spiro atoms. The predicted molar refractivity (Wildman–Crippen MR) is 51.5 cm³/mol. The van der Waals surface area contributed by atoms with Crippen LogP contribution in [0.3, 0.4) is 0 Å². The van der Waals surface area contributed by atoms with Gasteiger partial charge in [0, 0.05) is 6.42 Å². The Balaban J connectivity index is 2.63. The van der Waals surface area contributed by atoms with Crippen molar-refractivity contribution in [2.75, 3.05) is 0 Å². The third-order valence-corrected chi connectivity index (χ3v) is 2.06. The molecular weight excluding hydrogens is 164 g/mol. The van der Waals surface area contributed by atoms with E-state index in [2.05, 4.69) is 19.1 Å². The third kappa shape index (κ3) is 2.90. The lowest BCUT2D eigenvalue weighted by atomic mass is 10.0. The molecule has 0 aliphatic rings. The van der Waals surface area contributed by atoms with Crippen molar-refractivity contribution in [2.45, 2.75) is 26.4 Å². The maximum atomic E-state index is 10.1. The summed E-state index contributed by atoms with van der Waals surface area (Å²) in [6.45, 7) is 4.45. The van der Waals surface area contributed by atoms with E-state index in [4.69, 9.17) is 4.74 Å². The number of rotatable bonds is 4. The topological polar surface area (TPSA) is 26.3 Å². The molecule has 13 heavy (non-hydrogen) atoms. The molecule has 2 nitrogen and oxygen atoms in total. The van der Waals surface area contributed by atoms with Gasteiger partial charge in [0.05, 0.1) is 0 Å². The van der Waals surface area contributed by atoms with Crippen molar-refractivity contribution >= 4 is 6.47 Å². The first-order valence-corrected chi connectivity index (χ1v) is 4.37. The van der Waals surface area contributed by atoms with Crippen LogP contribution in [-0.2, 0) is 16.0 Å². The number of hydrogen-bond donors (Lipinski definition) is 0. The van der Waals surface area contributed by atoms with Gasteiger partial charge in [0.1, 0.15) is 6.10 Å². The molecule has 0 saturated heterocycles. The van der Waals surface area contributed by atoms with Crippen molar-refractivity contribution in [2.24, 2.45) is 0 Å². The Morgan fingerprint density at radius 2 is 2.15 bits per heavy atom. The number of benzene rings is 1. The van der Waals surface area contributed by atoms with Crippen LogP contribution < -0.4 is 0 Å². The van der Waals surface area contributed by atoms with Crippen molar-refractivity contribution < 1.29 is 9.53 Å². The fraction of sp³-hybridized carbons (Fsp3) is 0.364. The van der Waals surface area contributed by atoms with Crippen LogP contribution in [0.5, 0.6) is 0 Å². The summed E-state index contributed by atoms with van der Waals surface area (Å²) in [5.41, 5.74) is 2.47. The lowest BCUT2D eigenvalue weighted by Gasteiger charge is -2.10. The molecule has 0 amide bonds. The summed E-state index contributed by atoms with van der Waals surface area (Å²) in [6, 6.07) is 8.11. The number of carbonyl (C=O) groups is 1. The first kappa shape index (κ1) is 9.78. The van der Waals surface area contributed by atoms with E-state index in [0.29, 0.717) is 6.47 Å². The monoisotopic (exact) mass is 178 g/mol. The van der Waals surface area contributed by atoms with Gasteiger partial charge in [-0.3, -0.25) is 4.79 Å². The normalized spacial score (nSPS) is 12.2. The van der Waals surface area contributed by atoms with E-state index < -0.39 is 0 Å². The van der Waals surface area contributed by atoms with Crippen LogP contribution in [0.25, 0.3) is 0 Å². The molecule has 1 unspecified atom stereocenters. The predicted octanol–water partition coefficient (Wildman–Crippen LogP) is 2.10. The molecule has 0 bridgehead atoms. The van der Waals surface area contributed by atoms with Crippen LogP contribution in [0.1, 0.15) is 18.1 Å². The summed E-state index contributed by atoms with van der Waals surface area (Å²) in [5, 5.41) is 0. The van der Waals surface area contributed by atoms with Crippen molar-refractivity contribution in [3.8, 4) is 0 Å². The molecule has 0 radical (unpaired) electrons. The van der Waals surface area contributed by atoms with Gasteiger partial charge in [-0.05, 0) is 25.0 Å². The summed E-state index contributed by atoms with van der Waals surface area (Å²) in [6.07, 6.45) is 0.740. The maximum Gasteiger partial charge on any atom is 0.293 e. The molecule has 1 rings (SSSR count). The molecule has 1 atom stereocenters. The highest BCUT2D eigenvalue weighted by atomic mass is 16.5. The van der Waals surface area contributed by atoms with Gasteiger partial charge in [-0.1, -0.05) is 24.3 Å². The Kier molecular flexibility index (Phi) is 3.50. The van der Waals surface area contributed by atoms with E-state index in [1.165, 1.54) is 11.1 Å². The quantitative estimate of drug-likeness (QED) is 0.660. The van der Waals surface area contributed by atoms with Crippen molar-refractivity contribution in [3.63, 3.8) is 0 Å². The van der Waals surface area contributed by atoms with E-state index in [9.17, 15) is 4.79 Å². The molecule has 0 aromatic heterocycles. The van der Waals surface area contributed by atoms with Gasteiger partial charge in [-0.15, -0.1) is 0 Å². The van der Waals surface area contributed by atoms with Crippen molar-refractivity contribution in [1.29, 1.82) is 0 Å². The van der Waals surface area contributed by atoms with Crippen LogP contribution in [0.2, 0.25) is 0 Å². The average molecular weight is 178 g/mol. The van der Waals surface area contributed by atoms with E-state index in [1.54, 1.807) is 0 Å².